The van der Waals surface area contributed by atoms with Gasteiger partial charge in [0.2, 0.25) is 0 Å². The lowest BCUT2D eigenvalue weighted by Crippen LogP contribution is -2.49. The Morgan fingerprint density at radius 3 is 2.61 bits per heavy atom. The maximum Gasteiger partial charge on any atom is 0.253 e. The Hall–Kier alpha value is -1.39. The summed E-state index contributed by atoms with van der Waals surface area (Å²) in [6.07, 6.45) is -0.0625. The fourth-order valence-corrected chi connectivity index (χ4v) is 2.06. The van der Waals surface area contributed by atoms with Crippen LogP contribution < -0.4 is 10.6 Å². The summed E-state index contributed by atoms with van der Waals surface area (Å²) >= 11 is 0. The normalized spacial score (nSPS) is 20.6. The van der Waals surface area contributed by atoms with Crippen molar-refractivity contribution in [1.82, 2.24) is 0 Å². The second-order valence-corrected chi connectivity index (χ2v) is 4.92. The lowest BCUT2D eigenvalue weighted by molar-refractivity contribution is -0.128. The molecule has 1 aliphatic heterocycles. The molecule has 0 radical (unpaired) electrons. The minimum atomic E-state index is -0.0625. The SMILES string of the molecule is CC(C)c1ccc(N2CC(CN)OCC2=O)cc1. The van der Waals surface area contributed by atoms with Gasteiger partial charge < -0.3 is 15.4 Å². The van der Waals surface area contributed by atoms with E-state index < -0.39 is 0 Å². The second kappa shape index (κ2) is 5.50. The maximum absolute atomic E-state index is 11.8. The van der Waals surface area contributed by atoms with E-state index in [9.17, 15) is 4.79 Å². The number of benzene rings is 1. The molecule has 4 heteroatoms. The number of carbonyl (C=O) groups excluding carboxylic acids is 1. The molecular formula is C14H20N2O2. The van der Waals surface area contributed by atoms with Crippen molar-refractivity contribution in [3.05, 3.63) is 29.8 Å². The first-order valence-electron chi connectivity index (χ1n) is 6.33. The molecule has 1 aliphatic rings. The molecule has 1 aromatic carbocycles. The summed E-state index contributed by atoms with van der Waals surface area (Å²) in [6.45, 7) is 5.40. The van der Waals surface area contributed by atoms with Crippen LogP contribution in [0, 0.1) is 0 Å². The van der Waals surface area contributed by atoms with Gasteiger partial charge in [-0.3, -0.25) is 4.79 Å². The van der Waals surface area contributed by atoms with Crippen molar-refractivity contribution in [3.63, 3.8) is 0 Å². The number of ether oxygens (including phenoxy) is 1. The highest BCUT2D eigenvalue weighted by Gasteiger charge is 2.26. The smallest absolute Gasteiger partial charge is 0.253 e. The predicted octanol–water partition coefficient (Wildman–Crippen LogP) is 1.50. The highest BCUT2D eigenvalue weighted by molar-refractivity contribution is 5.95. The van der Waals surface area contributed by atoms with Crippen LogP contribution in [0.25, 0.3) is 0 Å². The van der Waals surface area contributed by atoms with E-state index in [1.54, 1.807) is 4.90 Å². The van der Waals surface area contributed by atoms with Gasteiger partial charge in [-0.05, 0) is 23.6 Å². The molecule has 0 aromatic heterocycles. The third-order valence-electron chi connectivity index (χ3n) is 3.26. The number of morpholine rings is 1. The molecule has 2 N–H and O–H groups in total. The van der Waals surface area contributed by atoms with Gasteiger partial charge in [0.25, 0.3) is 5.91 Å². The van der Waals surface area contributed by atoms with Gasteiger partial charge in [-0.15, -0.1) is 0 Å². The first-order valence-corrected chi connectivity index (χ1v) is 6.33. The number of carbonyl (C=O) groups is 1. The standard InChI is InChI=1S/C14H20N2O2/c1-10(2)11-3-5-12(6-4-11)16-8-13(7-15)18-9-14(16)17/h3-6,10,13H,7-9,15H2,1-2H3. The van der Waals surface area contributed by atoms with Crippen LogP contribution in [0.5, 0.6) is 0 Å². The molecule has 1 atom stereocenters. The lowest BCUT2D eigenvalue weighted by Gasteiger charge is -2.32. The van der Waals surface area contributed by atoms with Crippen LogP contribution in [0.1, 0.15) is 25.3 Å². The van der Waals surface area contributed by atoms with Crippen molar-refractivity contribution in [1.29, 1.82) is 0 Å². The number of nitrogens with zero attached hydrogens (tertiary/aromatic N) is 1. The summed E-state index contributed by atoms with van der Waals surface area (Å²) in [5.41, 5.74) is 7.79. The van der Waals surface area contributed by atoms with Crippen LogP contribution in [0.2, 0.25) is 0 Å². The van der Waals surface area contributed by atoms with Crippen molar-refractivity contribution in [2.75, 3.05) is 24.6 Å². The van der Waals surface area contributed by atoms with Gasteiger partial charge in [0.1, 0.15) is 6.61 Å². The van der Waals surface area contributed by atoms with Crippen molar-refractivity contribution < 1.29 is 9.53 Å². The first kappa shape index (κ1) is 13.1. The Balaban J connectivity index is 2.16. The molecule has 18 heavy (non-hydrogen) atoms. The molecule has 0 saturated carbocycles. The van der Waals surface area contributed by atoms with Crippen molar-refractivity contribution in [2.45, 2.75) is 25.9 Å². The third kappa shape index (κ3) is 2.71. The van der Waals surface area contributed by atoms with E-state index in [0.29, 0.717) is 19.0 Å². The summed E-state index contributed by atoms with van der Waals surface area (Å²) in [4.78, 5) is 13.6. The Morgan fingerprint density at radius 2 is 2.06 bits per heavy atom. The first-order chi connectivity index (χ1) is 8.61. The van der Waals surface area contributed by atoms with Crippen LogP contribution >= 0.6 is 0 Å². The summed E-state index contributed by atoms with van der Waals surface area (Å²) in [6, 6.07) is 8.12. The Morgan fingerprint density at radius 1 is 1.39 bits per heavy atom. The molecule has 1 fully saturated rings. The highest BCUT2D eigenvalue weighted by Crippen LogP contribution is 2.22. The monoisotopic (exact) mass is 248 g/mol. The highest BCUT2D eigenvalue weighted by atomic mass is 16.5. The Labute approximate surface area is 108 Å². The molecule has 1 unspecified atom stereocenters. The average molecular weight is 248 g/mol. The Bertz CT molecular complexity index is 414. The topological polar surface area (TPSA) is 55.6 Å². The van der Waals surface area contributed by atoms with Crippen LogP contribution in [0.4, 0.5) is 5.69 Å². The second-order valence-electron chi connectivity index (χ2n) is 4.92. The molecule has 0 spiro atoms. The van der Waals surface area contributed by atoms with Gasteiger partial charge >= 0.3 is 0 Å². The van der Waals surface area contributed by atoms with Crippen LogP contribution in [-0.2, 0) is 9.53 Å². The van der Waals surface area contributed by atoms with E-state index in [-0.39, 0.29) is 18.6 Å². The van der Waals surface area contributed by atoms with E-state index in [4.69, 9.17) is 10.5 Å². The van der Waals surface area contributed by atoms with Crippen LogP contribution in [0.15, 0.2) is 24.3 Å². The van der Waals surface area contributed by atoms with Gasteiger partial charge in [-0.1, -0.05) is 26.0 Å². The minimum Gasteiger partial charge on any atom is -0.365 e. The van der Waals surface area contributed by atoms with E-state index in [1.807, 2.05) is 12.1 Å². The predicted molar refractivity (Wildman–Crippen MR) is 71.7 cm³/mol. The third-order valence-corrected chi connectivity index (χ3v) is 3.26. The molecular weight excluding hydrogens is 228 g/mol. The molecule has 4 nitrogen and oxygen atoms in total. The van der Waals surface area contributed by atoms with Gasteiger partial charge in [0.05, 0.1) is 12.6 Å². The zero-order valence-corrected chi connectivity index (χ0v) is 10.9. The Kier molecular flexibility index (Phi) is 3.99. The van der Waals surface area contributed by atoms with Crippen molar-refractivity contribution >= 4 is 11.6 Å². The number of amides is 1. The molecule has 0 aliphatic carbocycles. The minimum absolute atomic E-state index is 0.00278. The average Bonchev–Trinajstić information content (AvgIpc) is 2.39. The number of hydrogen-bond acceptors (Lipinski definition) is 3. The zero-order chi connectivity index (χ0) is 13.1. The number of rotatable bonds is 3. The largest absolute Gasteiger partial charge is 0.365 e. The molecule has 1 heterocycles. The van der Waals surface area contributed by atoms with Crippen LogP contribution in [0.3, 0.4) is 0 Å². The summed E-state index contributed by atoms with van der Waals surface area (Å²) in [5, 5.41) is 0. The summed E-state index contributed by atoms with van der Waals surface area (Å²) in [5.74, 6) is 0.494. The van der Waals surface area contributed by atoms with Gasteiger partial charge in [-0.2, -0.15) is 0 Å². The zero-order valence-electron chi connectivity index (χ0n) is 10.9. The van der Waals surface area contributed by atoms with E-state index in [0.717, 1.165) is 5.69 Å². The van der Waals surface area contributed by atoms with E-state index in [1.165, 1.54) is 5.56 Å². The van der Waals surface area contributed by atoms with E-state index >= 15 is 0 Å². The molecule has 1 aromatic rings. The van der Waals surface area contributed by atoms with Crippen molar-refractivity contribution in [3.8, 4) is 0 Å². The van der Waals surface area contributed by atoms with Crippen LogP contribution in [-0.4, -0.2) is 31.7 Å². The molecule has 1 amide bonds. The maximum atomic E-state index is 11.8. The fourth-order valence-electron chi connectivity index (χ4n) is 2.06. The summed E-state index contributed by atoms with van der Waals surface area (Å²) in [7, 11) is 0. The quantitative estimate of drug-likeness (QED) is 0.882. The number of hydrogen-bond donors (Lipinski definition) is 1. The van der Waals surface area contributed by atoms with Gasteiger partial charge in [0.15, 0.2) is 0 Å². The molecule has 0 bridgehead atoms. The lowest BCUT2D eigenvalue weighted by atomic mass is 10.0. The van der Waals surface area contributed by atoms with Crippen molar-refractivity contribution in [2.24, 2.45) is 5.73 Å². The van der Waals surface area contributed by atoms with Gasteiger partial charge in [0, 0.05) is 12.2 Å². The van der Waals surface area contributed by atoms with Gasteiger partial charge in [-0.25, -0.2) is 0 Å². The number of anilines is 1. The van der Waals surface area contributed by atoms with E-state index in [2.05, 4.69) is 26.0 Å². The number of nitrogens with two attached hydrogens (primary N) is 1. The molecule has 1 saturated heterocycles. The molecule has 98 valence electrons. The fraction of sp³-hybridized carbons (Fsp3) is 0.500. The summed E-state index contributed by atoms with van der Waals surface area (Å²) < 4.78 is 5.34. The molecule has 2 rings (SSSR count).